The van der Waals surface area contributed by atoms with E-state index < -0.39 is 0 Å². The number of hydrogen-bond donors (Lipinski definition) is 1. The van der Waals surface area contributed by atoms with E-state index in [1.165, 1.54) is 24.0 Å². The number of likely N-dealkylation sites (tertiary alicyclic amines) is 1. The molecular weight excluding hydrogens is 358 g/mol. The van der Waals surface area contributed by atoms with Gasteiger partial charge in [-0.2, -0.15) is 0 Å². The Kier molecular flexibility index (Phi) is 6.83. The molecule has 2 aliphatic heterocycles. The third-order valence-electron chi connectivity index (χ3n) is 6.26. The van der Waals surface area contributed by atoms with E-state index in [0.717, 1.165) is 45.0 Å². The van der Waals surface area contributed by atoms with E-state index in [1.54, 1.807) is 0 Å². The van der Waals surface area contributed by atoms with Crippen LogP contribution >= 0.6 is 0 Å². The first-order valence-electron chi connectivity index (χ1n) is 11.0. The summed E-state index contributed by atoms with van der Waals surface area (Å²) >= 11 is 0. The number of hydrogen-bond acceptors (Lipinski definition) is 2. The number of rotatable bonds is 5. The Morgan fingerprint density at radius 1 is 1.07 bits per heavy atom. The standard InChI is InChI=1S/C25H33N3O/c1-26-25(28-15-14-21(19-28)17-20-9-4-2-5-10-20)27-18-23-13-8-16-29-24(23)22-11-6-3-7-12-22/h2-7,9-12,21,23-24H,8,13-19H2,1H3,(H,26,27). The quantitative estimate of drug-likeness (QED) is 0.610. The third-order valence-corrected chi connectivity index (χ3v) is 6.26. The van der Waals surface area contributed by atoms with Crippen molar-refractivity contribution in [3.8, 4) is 0 Å². The molecule has 0 saturated carbocycles. The molecule has 154 valence electrons. The summed E-state index contributed by atoms with van der Waals surface area (Å²) in [5.74, 6) is 2.22. The molecule has 0 bridgehead atoms. The first-order chi connectivity index (χ1) is 14.3. The van der Waals surface area contributed by atoms with Gasteiger partial charge < -0.3 is 15.0 Å². The van der Waals surface area contributed by atoms with Crippen LogP contribution in [0.4, 0.5) is 0 Å². The van der Waals surface area contributed by atoms with Gasteiger partial charge in [-0.25, -0.2) is 0 Å². The van der Waals surface area contributed by atoms with Gasteiger partial charge in [-0.1, -0.05) is 60.7 Å². The first-order valence-corrected chi connectivity index (χ1v) is 11.0. The van der Waals surface area contributed by atoms with Crippen molar-refractivity contribution in [2.45, 2.75) is 31.8 Å². The highest BCUT2D eigenvalue weighted by molar-refractivity contribution is 5.80. The van der Waals surface area contributed by atoms with Crippen LogP contribution in [0.25, 0.3) is 0 Å². The molecule has 2 fully saturated rings. The van der Waals surface area contributed by atoms with Crippen LogP contribution in [-0.4, -0.2) is 44.1 Å². The maximum Gasteiger partial charge on any atom is 0.193 e. The molecule has 29 heavy (non-hydrogen) atoms. The highest BCUT2D eigenvalue weighted by Crippen LogP contribution is 2.33. The second-order valence-electron chi connectivity index (χ2n) is 8.32. The van der Waals surface area contributed by atoms with Crippen LogP contribution in [0.3, 0.4) is 0 Å². The van der Waals surface area contributed by atoms with Crippen molar-refractivity contribution in [1.29, 1.82) is 0 Å². The number of guanidine groups is 1. The lowest BCUT2D eigenvalue weighted by Crippen LogP contribution is -2.43. The van der Waals surface area contributed by atoms with Crippen molar-refractivity contribution < 1.29 is 4.74 Å². The molecule has 2 aromatic rings. The Bertz CT molecular complexity index is 777. The van der Waals surface area contributed by atoms with Crippen LogP contribution in [-0.2, 0) is 11.2 Å². The van der Waals surface area contributed by atoms with Crippen LogP contribution in [0.5, 0.6) is 0 Å². The summed E-state index contributed by atoms with van der Waals surface area (Å²) in [4.78, 5) is 7.01. The highest BCUT2D eigenvalue weighted by Gasteiger charge is 2.29. The second kappa shape index (κ2) is 9.93. The zero-order valence-electron chi connectivity index (χ0n) is 17.5. The van der Waals surface area contributed by atoms with Gasteiger partial charge in [-0.3, -0.25) is 4.99 Å². The molecule has 0 aromatic heterocycles. The fourth-order valence-electron chi connectivity index (χ4n) is 4.76. The van der Waals surface area contributed by atoms with Crippen LogP contribution in [0, 0.1) is 11.8 Å². The SMILES string of the molecule is CN=C(NCC1CCCOC1c1ccccc1)N1CCC(Cc2ccccc2)C1. The molecule has 3 unspecified atom stereocenters. The van der Waals surface area contributed by atoms with Gasteiger partial charge in [0.15, 0.2) is 5.96 Å². The van der Waals surface area contributed by atoms with Crippen LogP contribution in [0.2, 0.25) is 0 Å². The Morgan fingerprint density at radius 3 is 2.59 bits per heavy atom. The lowest BCUT2D eigenvalue weighted by molar-refractivity contribution is -0.0266. The van der Waals surface area contributed by atoms with Crippen LogP contribution < -0.4 is 5.32 Å². The molecule has 0 aliphatic carbocycles. The van der Waals surface area contributed by atoms with E-state index in [2.05, 4.69) is 75.9 Å². The highest BCUT2D eigenvalue weighted by atomic mass is 16.5. The largest absolute Gasteiger partial charge is 0.373 e. The van der Waals surface area contributed by atoms with Crippen molar-refractivity contribution >= 4 is 5.96 Å². The molecule has 0 radical (unpaired) electrons. The minimum absolute atomic E-state index is 0.181. The molecule has 2 heterocycles. The Morgan fingerprint density at radius 2 is 1.83 bits per heavy atom. The summed E-state index contributed by atoms with van der Waals surface area (Å²) in [6.45, 7) is 3.93. The predicted molar refractivity (Wildman–Crippen MR) is 119 cm³/mol. The molecule has 3 atom stereocenters. The van der Waals surface area contributed by atoms with Gasteiger partial charge in [-0.15, -0.1) is 0 Å². The summed E-state index contributed by atoms with van der Waals surface area (Å²) < 4.78 is 6.16. The fourth-order valence-corrected chi connectivity index (χ4v) is 4.76. The van der Waals surface area contributed by atoms with Gasteiger partial charge in [0, 0.05) is 39.2 Å². The zero-order valence-corrected chi connectivity index (χ0v) is 17.5. The fraction of sp³-hybridized carbons (Fsp3) is 0.480. The average molecular weight is 392 g/mol. The lowest BCUT2D eigenvalue weighted by Gasteiger charge is -2.33. The molecule has 2 aliphatic rings. The van der Waals surface area contributed by atoms with Gasteiger partial charge in [0.2, 0.25) is 0 Å². The van der Waals surface area contributed by atoms with Crippen molar-refractivity contribution in [3.63, 3.8) is 0 Å². The normalized spacial score (nSPS) is 25.2. The minimum atomic E-state index is 0.181. The number of ether oxygens (including phenoxy) is 1. The zero-order chi connectivity index (χ0) is 19.9. The summed E-state index contributed by atoms with van der Waals surface area (Å²) in [5, 5.41) is 3.66. The molecule has 0 spiro atoms. The van der Waals surface area contributed by atoms with Gasteiger partial charge >= 0.3 is 0 Å². The molecule has 2 saturated heterocycles. The van der Waals surface area contributed by atoms with Gasteiger partial charge in [-0.05, 0) is 42.7 Å². The Labute approximate surface area is 175 Å². The molecule has 0 amide bonds. The Balaban J connectivity index is 1.32. The predicted octanol–water partition coefficient (Wildman–Crippen LogP) is 4.29. The minimum Gasteiger partial charge on any atom is -0.373 e. The van der Waals surface area contributed by atoms with Crippen LogP contribution in [0.1, 0.15) is 36.5 Å². The van der Waals surface area contributed by atoms with E-state index in [-0.39, 0.29) is 6.10 Å². The van der Waals surface area contributed by atoms with Crippen LogP contribution in [0.15, 0.2) is 65.7 Å². The van der Waals surface area contributed by atoms with Crippen molar-refractivity contribution in [2.24, 2.45) is 16.8 Å². The molecule has 4 nitrogen and oxygen atoms in total. The monoisotopic (exact) mass is 391 g/mol. The van der Waals surface area contributed by atoms with E-state index in [0.29, 0.717) is 11.8 Å². The van der Waals surface area contributed by atoms with E-state index in [4.69, 9.17) is 4.74 Å². The smallest absolute Gasteiger partial charge is 0.193 e. The molecule has 2 aromatic carbocycles. The van der Waals surface area contributed by atoms with E-state index in [9.17, 15) is 0 Å². The number of nitrogens with one attached hydrogen (secondary N) is 1. The van der Waals surface area contributed by atoms with Gasteiger partial charge in [0.1, 0.15) is 0 Å². The topological polar surface area (TPSA) is 36.9 Å². The average Bonchev–Trinajstić information content (AvgIpc) is 3.24. The Hall–Kier alpha value is -2.33. The summed E-state index contributed by atoms with van der Waals surface area (Å²) in [6, 6.07) is 21.5. The second-order valence-corrected chi connectivity index (χ2v) is 8.32. The van der Waals surface area contributed by atoms with Crippen molar-refractivity contribution in [3.05, 3.63) is 71.8 Å². The van der Waals surface area contributed by atoms with E-state index >= 15 is 0 Å². The molecule has 4 rings (SSSR count). The molecule has 1 N–H and O–H groups in total. The van der Waals surface area contributed by atoms with Gasteiger partial charge in [0.25, 0.3) is 0 Å². The molecular formula is C25H33N3O. The summed E-state index contributed by atoms with van der Waals surface area (Å²) in [6.07, 6.45) is 4.90. The number of nitrogens with zero attached hydrogens (tertiary/aromatic N) is 2. The maximum atomic E-state index is 6.16. The molecule has 4 heteroatoms. The maximum absolute atomic E-state index is 6.16. The number of benzene rings is 2. The van der Waals surface area contributed by atoms with Crippen molar-refractivity contribution in [2.75, 3.05) is 33.3 Å². The lowest BCUT2D eigenvalue weighted by atomic mass is 9.89. The van der Waals surface area contributed by atoms with E-state index in [1.807, 2.05) is 7.05 Å². The summed E-state index contributed by atoms with van der Waals surface area (Å²) in [7, 11) is 1.90. The third kappa shape index (κ3) is 5.18. The number of aliphatic imine (C=N–C) groups is 1. The summed E-state index contributed by atoms with van der Waals surface area (Å²) in [5.41, 5.74) is 2.73. The first kappa shape index (κ1) is 20.0. The van der Waals surface area contributed by atoms with Gasteiger partial charge in [0.05, 0.1) is 6.10 Å². The van der Waals surface area contributed by atoms with Crippen molar-refractivity contribution in [1.82, 2.24) is 10.2 Å².